The summed E-state index contributed by atoms with van der Waals surface area (Å²) in [5.41, 5.74) is 4.95. The van der Waals surface area contributed by atoms with Crippen molar-refractivity contribution in [2.75, 3.05) is 0 Å². The molecule has 0 saturated heterocycles. The fourth-order valence-corrected chi connectivity index (χ4v) is 2.05. The molecule has 0 aliphatic carbocycles. The molecule has 0 saturated carbocycles. The standard InChI is InChI=1S/C15H14N4O3/c1-2-18-9-12(7-16)14(21)19(15(18)22)8-10-3-5-11(6-4-10)13(17)20/h3-6,9H,2,8H2,1H3,(H2,17,20). The first-order valence-corrected chi connectivity index (χ1v) is 6.61. The van der Waals surface area contributed by atoms with Crippen molar-refractivity contribution in [2.24, 2.45) is 5.73 Å². The van der Waals surface area contributed by atoms with Gasteiger partial charge in [-0.15, -0.1) is 0 Å². The minimum absolute atomic E-state index is 0.0201. The summed E-state index contributed by atoms with van der Waals surface area (Å²) in [4.78, 5) is 35.4. The van der Waals surface area contributed by atoms with E-state index in [0.717, 1.165) is 4.57 Å². The molecule has 0 radical (unpaired) electrons. The average Bonchev–Trinajstić information content (AvgIpc) is 2.52. The zero-order valence-corrected chi connectivity index (χ0v) is 11.9. The van der Waals surface area contributed by atoms with Crippen LogP contribution in [0.4, 0.5) is 0 Å². The molecule has 22 heavy (non-hydrogen) atoms. The summed E-state index contributed by atoms with van der Waals surface area (Å²) in [6.07, 6.45) is 1.26. The van der Waals surface area contributed by atoms with Crippen LogP contribution >= 0.6 is 0 Å². The molecule has 112 valence electrons. The van der Waals surface area contributed by atoms with Gasteiger partial charge in [0.1, 0.15) is 11.6 Å². The Hall–Kier alpha value is -3.14. The molecule has 0 spiro atoms. The van der Waals surface area contributed by atoms with Crippen LogP contribution in [-0.4, -0.2) is 15.0 Å². The predicted octanol–water partition coefficient (Wildman–Crippen LogP) is 0.0488. The number of primary amides is 1. The van der Waals surface area contributed by atoms with E-state index in [1.165, 1.54) is 22.9 Å². The largest absolute Gasteiger partial charge is 0.366 e. The van der Waals surface area contributed by atoms with Crippen LogP contribution in [0.15, 0.2) is 40.1 Å². The minimum Gasteiger partial charge on any atom is -0.366 e. The van der Waals surface area contributed by atoms with E-state index in [0.29, 0.717) is 17.7 Å². The van der Waals surface area contributed by atoms with Gasteiger partial charge in [-0.1, -0.05) is 12.1 Å². The van der Waals surface area contributed by atoms with Crippen LogP contribution in [0, 0.1) is 11.3 Å². The van der Waals surface area contributed by atoms with Gasteiger partial charge >= 0.3 is 5.69 Å². The first-order valence-electron chi connectivity index (χ1n) is 6.61. The normalized spacial score (nSPS) is 10.2. The topological polar surface area (TPSA) is 111 Å². The average molecular weight is 298 g/mol. The van der Waals surface area contributed by atoms with Crippen LogP contribution in [0.2, 0.25) is 0 Å². The third-order valence-corrected chi connectivity index (χ3v) is 3.28. The molecule has 2 rings (SSSR count). The minimum atomic E-state index is -0.629. The highest BCUT2D eigenvalue weighted by atomic mass is 16.2. The third-order valence-electron chi connectivity index (χ3n) is 3.28. The molecule has 0 unspecified atom stereocenters. The summed E-state index contributed by atoms with van der Waals surface area (Å²) >= 11 is 0. The van der Waals surface area contributed by atoms with Crippen molar-refractivity contribution in [3.63, 3.8) is 0 Å². The third kappa shape index (κ3) is 2.81. The zero-order valence-electron chi connectivity index (χ0n) is 11.9. The van der Waals surface area contributed by atoms with Crippen molar-refractivity contribution < 1.29 is 4.79 Å². The monoisotopic (exact) mass is 298 g/mol. The second-order valence-electron chi connectivity index (χ2n) is 4.68. The van der Waals surface area contributed by atoms with E-state index in [1.54, 1.807) is 25.1 Å². The number of hydrogen-bond donors (Lipinski definition) is 1. The number of aromatic nitrogens is 2. The number of nitrogens with zero attached hydrogens (tertiary/aromatic N) is 3. The van der Waals surface area contributed by atoms with E-state index in [4.69, 9.17) is 11.0 Å². The van der Waals surface area contributed by atoms with Gasteiger partial charge in [0.25, 0.3) is 5.56 Å². The Labute approximate surface area is 125 Å². The lowest BCUT2D eigenvalue weighted by molar-refractivity contribution is 0.100. The maximum absolute atomic E-state index is 12.2. The molecule has 2 aromatic rings. The molecule has 0 aliphatic rings. The number of hydrogen-bond acceptors (Lipinski definition) is 4. The van der Waals surface area contributed by atoms with Gasteiger partial charge in [-0.05, 0) is 24.6 Å². The van der Waals surface area contributed by atoms with Gasteiger partial charge in [0.05, 0.1) is 6.54 Å². The lowest BCUT2D eigenvalue weighted by Gasteiger charge is -2.09. The van der Waals surface area contributed by atoms with E-state index in [-0.39, 0.29) is 12.1 Å². The summed E-state index contributed by atoms with van der Waals surface area (Å²) in [5, 5.41) is 8.99. The number of aryl methyl sites for hydroxylation is 1. The SMILES string of the molecule is CCn1cc(C#N)c(=O)n(Cc2ccc(C(N)=O)cc2)c1=O. The molecular weight excluding hydrogens is 284 g/mol. The number of amides is 1. The van der Waals surface area contributed by atoms with Crippen LogP contribution in [0.25, 0.3) is 0 Å². The first-order chi connectivity index (χ1) is 10.5. The summed E-state index contributed by atoms with van der Waals surface area (Å²) in [6, 6.07) is 8.06. The van der Waals surface area contributed by atoms with Crippen LogP contribution in [0.1, 0.15) is 28.4 Å². The van der Waals surface area contributed by atoms with Crippen LogP contribution < -0.4 is 17.0 Å². The van der Waals surface area contributed by atoms with Crippen molar-refractivity contribution >= 4 is 5.91 Å². The van der Waals surface area contributed by atoms with Gasteiger partial charge in [0.15, 0.2) is 0 Å². The Kier molecular flexibility index (Phi) is 4.23. The van der Waals surface area contributed by atoms with E-state index in [9.17, 15) is 14.4 Å². The summed E-state index contributed by atoms with van der Waals surface area (Å²) in [5.74, 6) is -0.552. The number of nitriles is 1. The molecule has 1 aromatic heterocycles. The zero-order chi connectivity index (χ0) is 16.3. The highest BCUT2D eigenvalue weighted by Gasteiger charge is 2.11. The van der Waals surface area contributed by atoms with E-state index in [2.05, 4.69) is 0 Å². The molecule has 1 amide bonds. The van der Waals surface area contributed by atoms with Crippen molar-refractivity contribution in [1.82, 2.24) is 9.13 Å². The smallest absolute Gasteiger partial charge is 0.331 e. The lowest BCUT2D eigenvalue weighted by atomic mass is 10.1. The molecule has 0 fully saturated rings. The van der Waals surface area contributed by atoms with Gasteiger partial charge in [0, 0.05) is 18.3 Å². The van der Waals surface area contributed by atoms with Gasteiger partial charge in [-0.3, -0.25) is 18.7 Å². The molecule has 0 bridgehead atoms. The number of carbonyl (C=O) groups is 1. The number of nitrogens with two attached hydrogens (primary N) is 1. The van der Waals surface area contributed by atoms with Gasteiger partial charge in [0.2, 0.25) is 5.91 Å². The Morgan fingerprint density at radius 3 is 2.41 bits per heavy atom. The van der Waals surface area contributed by atoms with E-state index in [1.807, 2.05) is 0 Å². The molecule has 0 atom stereocenters. The lowest BCUT2D eigenvalue weighted by Crippen LogP contribution is -2.40. The van der Waals surface area contributed by atoms with Crippen LogP contribution in [0.3, 0.4) is 0 Å². The molecule has 2 N–H and O–H groups in total. The molecule has 7 heteroatoms. The van der Waals surface area contributed by atoms with E-state index >= 15 is 0 Å². The first kappa shape index (κ1) is 15.3. The maximum atomic E-state index is 12.2. The number of rotatable bonds is 4. The summed E-state index contributed by atoms with van der Waals surface area (Å²) in [6.45, 7) is 2.12. The number of benzene rings is 1. The Morgan fingerprint density at radius 2 is 1.91 bits per heavy atom. The molecule has 1 heterocycles. The summed E-state index contributed by atoms with van der Waals surface area (Å²) < 4.78 is 2.30. The molecule has 7 nitrogen and oxygen atoms in total. The predicted molar refractivity (Wildman–Crippen MR) is 79.4 cm³/mol. The van der Waals surface area contributed by atoms with Crippen molar-refractivity contribution in [2.45, 2.75) is 20.0 Å². The Morgan fingerprint density at radius 1 is 1.27 bits per heavy atom. The van der Waals surface area contributed by atoms with Crippen LogP contribution in [0.5, 0.6) is 0 Å². The van der Waals surface area contributed by atoms with Gasteiger partial charge < -0.3 is 5.73 Å². The second-order valence-corrected chi connectivity index (χ2v) is 4.68. The fraction of sp³-hybridized carbons (Fsp3) is 0.200. The van der Waals surface area contributed by atoms with E-state index < -0.39 is 17.2 Å². The van der Waals surface area contributed by atoms with Gasteiger partial charge in [-0.2, -0.15) is 5.26 Å². The van der Waals surface area contributed by atoms with Crippen molar-refractivity contribution in [3.8, 4) is 6.07 Å². The summed E-state index contributed by atoms with van der Waals surface area (Å²) in [7, 11) is 0. The van der Waals surface area contributed by atoms with Gasteiger partial charge in [-0.25, -0.2) is 4.79 Å². The molecule has 0 aliphatic heterocycles. The quantitative estimate of drug-likeness (QED) is 0.859. The highest BCUT2D eigenvalue weighted by Crippen LogP contribution is 2.04. The molecular formula is C15H14N4O3. The second kappa shape index (κ2) is 6.10. The Bertz CT molecular complexity index is 870. The maximum Gasteiger partial charge on any atom is 0.331 e. The fourth-order valence-electron chi connectivity index (χ4n) is 2.05. The highest BCUT2D eigenvalue weighted by molar-refractivity contribution is 5.92. The van der Waals surface area contributed by atoms with Crippen molar-refractivity contribution in [3.05, 3.63) is 68.0 Å². The van der Waals surface area contributed by atoms with Crippen molar-refractivity contribution in [1.29, 1.82) is 5.26 Å². The number of carbonyl (C=O) groups excluding carboxylic acids is 1. The molecule has 1 aromatic carbocycles. The Balaban J connectivity index is 2.49. The van der Waals surface area contributed by atoms with Crippen LogP contribution in [-0.2, 0) is 13.1 Å².